The molecule has 2 fully saturated rings. The van der Waals surface area contributed by atoms with Crippen LogP contribution in [0, 0.1) is 0 Å². The van der Waals surface area contributed by atoms with Gasteiger partial charge in [0.25, 0.3) is 5.92 Å². The van der Waals surface area contributed by atoms with Crippen LogP contribution in [0.5, 0.6) is 0 Å². The summed E-state index contributed by atoms with van der Waals surface area (Å²) in [6.45, 7) is 0.857. The van der Waals surface area contributed by atoms with Gasteiger partial charge in [0.1, 0.15) is 0 Å². The Bertz CT molecular complexity index is 1160. The van der Waals surface area contributed by atoms with E-state index < -0.39 is 15.9 Å². The van der Waals surface area contributed by atoms with Crippen molar-refractivity contribution < 1.29 is 17.2 Å². The fraction of sp³-hybridized carbons (Fsp3) is 0.350. The van der Waals surface area contributed by atoms with Crippen LogP contribution in [0.25, 0.3) is 22.3 Å². The summed E-state index contributed by atoms with van der Waals surface area (Å²) in [5, 5.41) is 0. The number of aromatic amines is 1. The number of H-pyrrole nitrogens is 1. The van der Waals surface area contributed by atoms with E-state index in [2.05, 4.69) is 9.97 Å². The van der Waals surface area contributed by atoms with Crippen LogP contribution >= 0.6 is 0 Å². The minimum Gasteiger partial charge on any atom is -0.365 e. The van der Waals surface area contributed by atoms with Crippen LogP contribution < -0.4 is 4.90 Å². The first-order valence-corrected chi connectivity index (χ1v) is 11.0. The second-order valence-electron chi connectivity index (χ2n) is 7.58. The summed E-state index contributed by atoms with van der Waals surface area (Å²) < 4.78 is 54.9. The first-order valence-electron chi connectivity index (χ1n) is 9.55. The van der Waals surface area contributed by atoms with Crippen molar-refractivity contribution in [2.24, 2.45) is 0 Å². The number of benzene rings is 1. The van der Waals surface area contributed by atoms with Crippen molar-refractivity contribution in [3.8, 4) is 11.3 Å². The lowest BCUT2D eigenvalue weighted by molar-refractivity contribution is 0.0257. The van der Waals surface area contributed by atoms with Gasteiger partial charge in [-0.15, -0.1) is 0 Å². The number of halogens is 2. The number of nitrogens with zero attached hydrogens (tertiary/aromatic N) is 3. The van der Waals surface area contributed by atoms with Gasteiger partial charge in [0.15, 0.2) is 0 Å². The molecule has 2 aromatic heterocycles. The molecule has 3 aromatic rings. The van der Waals surface area contributed by atoms with Gasteiger partial charge in [-0.25, -0.2) is 17.2 Å². The zero-order valence-electron chi connectivity index (χ0n) is 15.6. The highest BCUT2D eigenvalue weighted by atomic mass is 32.2. The molecule has 0 atom stereocenters. The van der Waals surface area contributed by atoms with Crippen LogP contribution in [0.2, 0.25) is 0 Å². The Kier molecular flexibility index (Phi) is 4.15. The van der Waals surface area contributed by atoms with E-state index in [0.29, 0.717) is 30.0 Å². The normalized spacial score (nSPS) is 19.6. The average Bonchev–Trinajstić information content (AvgIpc) is 3.22. The zero-order valence-corrected chi connectivity index (χ0v) is 16.4. The Labute approximate surface area is 167 Å². The molecule has 4 heterocycles. The molecule has 2 aliphatic rings. The van der Waals surface area contributed by atoms with Crippen molar-refractivity contribution >= 4 is 26.7 Å². The van der Waals surface area contributed by atoms with E-state index in [9.17, 15) is 17.2 Å². The molecule has 0 bridgehead atoms. The number of hydrogen-bond donors (Lipinski definition) is 1. The fourth-order valence-electron chi connectivity index (χ4n) is 3.89. The molecule has 0 spiro atoms. The van der Waals surface area contributed by atoms with Crippen LogP contribution in [-0.4, -0.2) is 54.8 Å². The molecule has 0 radical (unpaired) electrons. The minimum atomic E-state index is -3.59. The molecule has 5 rings (SSSR count). The molecule has 6 nitrogen and oxygen atoms in total. The van der Waals surface area contributed by atoms with Crippen molar-refractivity contribution in [2.75, 3.05) is 31.1 Å². The third kappa shape index (κ3) is 3.18. The molecule has 152 valence electrons. The lowest BCUT2D eigenvalue weighted by atomic mass is 10.1. The van der Waals surface area contributed by atoms with E-state index in [1.807, 2.05) is 12.1 Å². The summed E-state index contributed by atoms with van der Waals surface area (Å²) >= 11 is 0. The second-order valence-corrected chi connectivity index (χ2v) is 9.52. The molecule has 1 aromatic carbocycles. The number of nitrogens with one attached hydrogen (secondary N) is 1. The molecule has 1 N–H and O–H groups in total. The maximum Gasteiger partial charge on any atom is 0.266 e. The summed E-state index contributed by atoms with van der Waals surface area (Å²) in [5.74, 6) is -2.75. The maximum absolute atomic E-state index is 13.8. The summed E-state index contributed by atoms with van der Waals surface area (Å²) in [6, 6.07) is 10.2. The number of hydrogen-bond acceptors (Lipinski definition) is 4. The number of fused-ring (bicyclic) bond motifs is 1. The Morgan fingerprint density at radius 1 is 1.10 bits per heavy atom. The van der Waals surface area contributed by atoms with E-state index in [1.54, 1.807) is 29.3 Å². The first kappa shape index (κ1) is 18.5. The lowest BCUT2D eigenvalue weighted by Gasteiger charge is -2.30. The fourth-order valence-corrected chi connectivity index (χ4v) is 5.43. The van der Waals surface area contributed by atoms with Gasteiger partial charge in [0.2, 0.25) is 10.0 Å². The van der Waals surface area contributed by atoms with Crippen LogP contribution in [-0.2, 0) is 10.0 Å². The third-order valence-electron chi connectivity index (χ3n) is 5.61. The Balaban J connectivity index is 1.65. The summed E-state index contributed by atoms with van der Waals surface area (Å²) in [7, 11) is -3.59. The molecule has 0 amide bonds. The maximum atomic E-state index is 13.8. The number of anilines is 1. The van der Waals surface area contributed by atoms with E-state index >= 15 is 0 Å². The van der Waals surface area contributed by atoms with Crippen molar-refractivity contribution in [3.05, 3.63) is 42.6 Å². The van der Waals surface area contributed by atoms with Crippen molar-refractivity contribution in [1.82, 2.24) is 14.3 Å². The highest BCUT2D eigenvalue weighted by Crippen LogP contribution is 2.39. The standard InChI is InChI=1S/C20H20F2N4O2S/c21-20(22)6-10-25(13-20)19-5-4-14(29(27,28)26-8-2-9-26)11-15(19)17-12-18-16(24-17)3-1-7-23-18/h1,3-5,7,11-12,24H,2,6,8-10,13H2. The topological polar surface area (TPSA) is 69.3 Å². The van der Waals surface area contributed by atoms with Crippen LogP contribution in [0.1, 0.15) is 12.8 Å². The number of rotatable bonds is 4. The largest absolute Gasteiger partial charge is 0.365 e. The Hall–Kier alpha value is -2.52. The predicted octanol–water partition coefficient (Wildman–Crippen LogP) is 3.47. The number of pyridine rings is 1. The van der Waals surface area contributed by atoms with Gasteiger partial charge < -0.3 is 9.88 Å². The Morgan fingerprint density at radius 3 is 2.59 bits per heavy atom. The van der Waals surface area contributed by atoms with Gasteiger partial charge in [-0.05, 0) is 42.8 Å². The molecule has 2 aliphatic heterocycles. The van der Waals surface area contributed by atoms with E-state index in [0.717, 1.165) is 17.5 Å². The summed E-state index contributed by atoms with van der Waals surface area (Å²) in [4.78, 5) is 9.35. The van der Waals surface area contributed by atoms with Gasteiger partial charge >= 0.3 is 0 Å². The minimum absolute atomic E-state index is 0.175. The predicted molar refractivity (Wildman–Crippen MR) is 107 cm³/mol. The Morgan fingerprint density at radius 2 is 1.93 bits per heavy atom. The van der Waals surface area contributed by atoms with E-state index in [1.165, 1.54) is 10.4 Å². The molecular weight excluding hydrogens is 398 g/mol. The van der Waals surface area contributed by atoms with E-state index in [-0.39, 0.29) is 24.4 Å². The molecule has 0 aliphatic carbocycles. The van der Waals surface area contributed by atoms with Crippen molar-refractivity contribution in [2.45, 2.75) is 23.7 Å². The zero-order chi connectivity index (χ0) is 20.2. The van der Waals surface area contributed by atoms with Gasteiger partial charge in [-0.3, -0.25) is 4.98 Å². The summed E-state index contributed by atoms with van der Waals surface area (Å²) in [5.41, 5.74) is 3.37. The lowest BCUT2D eigenvalue weighted by Crippen LogP contribution is -2.41. The van der Waals surface area contributed by atoms with Gasteiger partial charge in [0.05, 0.1) is 28.2 Å². The highest BCUT2D eigenvalue weighted by molar-refractivity contribution is 7.89. The first-order chi connectivity index (χ1) is 13.8. The molecule has 29 heavy (non-hydrogen) atoms. The molecule has 9 heteroatoms. The van der Waals surface area contributed by atoms with Crippen molar-refractivity contribution in [1.29, 1.82) is 0 Å². The molecule has 2 saturated heterocycles. The van der Waals surface area contributed by atoms with Crippen LogP contribution in [0.4, 0.5) is 14.5 Å². The number of sulfonamides is 1. The summed E-state index contributed by atoms with van der Waals surface area (Å²) in [6.07, 6.45) is 2.31. The third-order valence-corrected chi connectivity index (χ3v) is 7.50. The molecule has 0 unspecified atom stereocenters. The quantitative estimate of drug-likeness (QED) is 0.705. The van der Waals surface area contributed by atoms with Crippen LogP contribution in [0.3, 0.4) is 0 Å². The average molecular weight is 418 g/mol. The van der Waals surface area contributed by atoms with Crippen molar-refractivity contribution in [3.63, 3.8) is 0 Å². The van der Waals surface area contributed by atoms with Gasteiger partial charge in [-0.1, -0.05) is 0 Å². The van der Waals surface area contributed by atoms with Gasteiger partial charge in [0, 0.05) is 43.5 Å². The molecular formula is C20H20F2N4O2S. The van der Waals surface area contributed by atoms with Crippen LogP contribution in [0.15, 0.2) is 47.5 Å². The number of alkyl halides is 2. The highest BCUT2D eigenvalue weighted by Gasteiger charge is 2.39. The second kappa shape index (κ2) is 6.50. The number of aromatic nitrogens is 2. The SMILES string of the molecule is O=S(=O)(c1ccc(N2CCC(F)(F)C2)c(-c2cc3ncccc3[nH]2)c1)N1CCC1. The molecule has 0 saturated carbocycles. The monoisotopic (exact) mass is 418 g/mol. The van der Waals surface area contributed by atoms with E-state index in [4.69, 9.17) is 0 Å². The van der Waals surface area contributed by atoms with Gasteiger partial charge in [-0.2, -0.15) is 4.31 Å². The smallest absolute Gasteiger partial charge is 0.266 e.